The maximum absolute atomic E-state index is 11.5. The van der Waals surface area contributed by atoms with Crippen LogP contribution in [0.25, 0.3) is 22.0 Å². The first-order chi connectivity index (χ1) is 9.78. The molecule has 0 bridgehead atoms. The maximum atomic E-state index is 11.5. The van der Waals surface area contributed by atoms with E-state index in [1.165, 1.54) is 7.11 Å². The molecule has 0 saturated heterocycles. The van der Waals surface area contributed by atoms with Gasteiger partial charge < -0.3 is 4.74 Å². The van der Waals surface area contributed by atoms with Gasteiger partial charge in [-0.2, -0.15) is 0 Å². The van der Waals surface area contributed by atoms with Crippen molar-refractivity contribution in [1.82, 2.24) is 4.98 Å². The van der Waals surface area contributed by atoms with Crippen molar-refractivity contribution >= 4 is 16.9 Å². The van der Waals surface area contributed by atoms with Crippen LogP contribution in [0.15, 0.2) is 60.7 Å². The molecule has 98 valence electrons. The highest BCUT2D eigenvalue weighted by molar-refractivity contribution is 5.92. The molecule has 1 aromatic heterocycles. The van der Waals surface area contributed by atoms with E-state index < -0.39 is 5.97 Å². The van der Waals surface area contributed by atoms with Crippen molar-refractivity contribution in [3.63, 3.8) is 0 Å². The molecular formula is C17H13NO2. The van der Waals surface area contributed by atoms with Gasteiger partial charge in [0.2, 0.25) is 0 Å². The summed E-state index contributed by atoms with van der Waals surface area (Å²) in [6.45, 7) is 0. The van der Waals surface area contributed by atoms with Crippen LogP contribution >= 0.6 is 0 Å². The lowest BCUT2D eigenvalue weighted by Gasteiger charge is -2.05. The molecule has 20 heavy (non-hydrogen) atoms. The van der Waals surface area contributed by atoms with Crippen LogP contribution in [-0.2, 0) is 4.74 Å². The fourth-order valence-electron chi connectivity index (χ4n) is 2.15. The summed E-state index contributed by atoms with van der Waals surface area (Å²) in [6, 6.07) is 19.7. The van der Waals surface area contributed by atoms with Crippen LogP contribution < -0.4 is 0 Å². The Hall–Kier alpha value is -2.68. The zero-order valence-electron chi connectivity index (χ0n) is 11.0. The number of rotatable bonds is 2. The number of carbonyl (C=O) groups excluding carboxylic acids is 1. The first-order valence-electron chi connectivity index (χ1n) is 6.32. The molecule has 3 aromatic rings. The van der Waals surface area contributed by atoms with Crippen molar-refractivity contribution in [1.29, 1.82) is 0 Å². The van der Waals surface area contributed by atoms with Crippen molar-refractivity contribution in [2.45, 2.75) is 0 Å². The molecule has 1 heterocycles. The smallest absolute Gasteiger partial charge is 0.356 e. The standard InChI is InChI=1S/C17H13NO2/c1-20-17(19)16-10-8-14-11-13(7-9-15(14)18-16)12-5-3-2-4-6-12/h2-11H,1H3. The average Bonchev–Trinajstić information content (AvgIpc) is 2.54. The third kappa shape index (κ3) is 2.26. The van der Waals surface area contributed by atoms with E-state index in [1.54, 1.807) is 6.07 Å². The van der Waals surface area contributed by atoms with E-state index in [-0.39, 0.29) is 0 Å². The molecule has 0 N–H and O–H groups in total. The van der Waals surface area contributed by atoms with Gasteiger partial charge >= 0.3 is 5.97 Å². The van der Waals surface area contributed by atoms with Gasteiger partial charge in [-0.15, -0.1) is 0 Å². The van der Waals surface area contributed by atoms with Crippen molar-refractivity contribution in [2.75, 3.05) is 7.11 Å². The number of esters is 1. The molecule has 0 radical (unpaired) electrons. The zero-order chi connectivity index (χ0) is 13.9. The lowest BCUT2D eigenvalue weighted by Crippen LogP contribution is -2.03. The Morgan fingerprint density at radius 2 is 1.75 bits per heavy atom. The van der Waals surface area contributed by atoms with Crippen LogP contribution in [-0.4, -0.2) is 18.1 Å². The zero-order valence-corrected chi connectivity index (χ0v) is 11.0. The second-order valence-electron chi connectivity index (χ2n) is 4.46. The highest BCUT2D eigenvalue weighted by atomic mass is 16.5. The second-order valence-corrected chi connectivity index (χ2v) is 4.46. The summed E-state index contributed by atoms with van der Waals surface area (Å²) >= 11 is 0. The SMILES string of the molecule is COC(=O)c1ccc2cc(-c3ccccc3)ccc2n1. The molecule has 0 aliphatic rings. The minimum Gasteiger partial charge on any atom is -0.464 e. The highest BCUT2D eigenvalue weighted by Gasteiger charge is 2.08. The third-order valence-electron chi connectivity index (χ3n) is 3.19. The van der Waals surface area contributed by atoms with Crippen molar-refractivity contribution < 1.29 is 9.53 Å². The number of benzene rings is 2. The average molecular weight is 263 g/mol. The number of carbonyl (C=O) groups is 1. The molecule has 0 fully saturated rings. The fourth-order valence-corrected chi connectivity index (χ4v) is 2.15. The highest BCUT2D eigenvalue weighted by Crippen LogP contribution is 2.23. The Balaban J connectivity index is 2.07. The van der Waals surface area contributed by atoms with Gasteiger partial charge in [0.25, 0.3) is 0 Å². The third-order valence-corrected chi connectivity index (χ3v) is 3.19. The lowest BCUT2D eigenvalue weighted by atomic mass is 10.0. The van der Waals surface area contributed by atoms with Crippen LogP contribution in [0.3, 0.4) is 0 Å². The molecule has 0 amide bonds. The first-order valence-corrected chi connectivity index (χ1v) is 6.32. The minimum atomic E-state index is -0.418. The lowest BCUT2D eigenvalue weighted by molar-refractivity contribution is 0.0594. The molecular weight excluding hydrogens is 250 g/mol. The molecule has 0 aliphatic carbocycles. The summed E-state index contributed by atoms with van der Waals surface area (Å²) in [7, 11) is 1.35. The second kappa shape index (κ2) is 5.13. The Morgan fingerprint density at radius 1 is 0.950 bits per heavy atom. The number of hydrogen-bond donors (Lipinski definition) is 0. The predicted octanol–water partition coefficient (Wildman–Crippen LogP) is 3.69. The molecule has 3 rings (SSSR count). The number of nitrogens with zero attached hydrogens (tertiary/aromatic N) is 1. The van der Waals surface area contributed by atoms with Gasteiger partial charge in [0.15, 0.2) is 0 Å². The molecule has 0 atom stereocenters. The van der Waals surface area contributed by atoms with Crippen LogP contribution in [0.2, 0.25) is 0 Å². The quantitative estimate of drug-likeness (QED) is 0.662. The van der Waals surface area contributed by atoms with Gasteiger partial charge in [0.1, 0.15) is 5.69 Å². The van der Waals surface area contributed by atoms with Crippen LogP contribution in [0, 0.1) is 0 Å². The summed E-state index contributed by atoms with van der Waals surface area (Å²) in [6.07, 6.45) is 0. The molecule has 0 spiro atoms. The minimum absolute atomic E-state index is 0.326. The molecule has 0 saturated carbocycles. The number of fused-ring (bicyclic) bond motifs is 1. The van der Waals surface area contributed by atoms with E-state index in [2.05, 4.69) is 27.9 Å². The Labute approximate surface area is 116 Å². The van der Waals surface area contributed by atoms with E-state index >= 15 is 0 Å². The van der Waals surface area contributed by atoms with Crippen molar-refractivity contribution in [3.8, 4) is 11.1 Å². The van der Waals surface area contributed by atoms with Gasteiger partial charge in [-0.05, 0) is 29.3 Å². The summed E-state index contributed by atoms with van der Waals surface area (Å²) in [5.41, 5.74) is 3.40. The van der Waals surface area contributed by atoms with Crippen molar-refractivity contribution in [2.24, 2.45) is 0 Å². The number of hydrogen-bond acceptors (Lipinski definition) is 3. The summed E-state index contributed by atoms with van der Waals surface area (Å²) in [5, 5.41) is 0.999. The largest absolute Gasteiger partial charge is 0.464 e. The fraction of sp³-hybridized carbons (Fsp3) is 0.0588. The normalized spacial score (nSPS) is 10.4. The predicted molar refractivity (Wildman–Crippen MR) is 78.5 cm³/mol. The number of pyridine rings is 1. The molecule has 0 unspecified atom stereocenters. The molecule has 3 heteroatoms. The van der Waals surface area contributed by atoms with Crippen molar-refractivity contribution in [3.05, 3.63) is 66.4 Å². The summed E-state index contributed by atoms with van der Waals surface area (Å²) in [4.78, 5) is 15.8. The molecule has 0 aliphatic heterocycles. The van der Waals surface area contributed by atoms with E-state index in [0.29, 0.717) is 5.69 Å². The van der Waals surface area contributed by atoms with E-state index in [4.69, 9.17) is 0 Å². The van der Waals surface area contributed by atoms with Crippen LogP contribution in [0.4, 0.5) is 0 Å². The number of methoxy groups -OCH3 is 1. The topological polar surface area (TPSA) is 39.2 Å². The Bertz CT molecular complexity index is 766. The number of ether oxygens (including phenoxy) is 1. The summed E-state index contributed by atoms with van der Waals surface area (Å²) < 4.78 is 4.68. The Morgan fingerprint density at radius 3 is 2.50 bits per heavy atom. The molecule has 3 nitrogen and oxygen atoms in total. The number of aromatic nitrogens is 1. The monoisotopic (exact) mass is 263 g/mol. The molecule has 2 aromatic carbocycles. The van der Waals surface area contributed by atoms with Gasteiger partial charge in [-0.3, -0.25) is 0 Å². The first kappa shape index (κ1) is 12.4. The summed E-state index contributed by atoms with van der Waals surface area (Å²) in [5.74, 6) is -0.418. The van der Waals surface area contributed by atoms with Gasteiger partial charge in [0, 0.05) is 5.39 Å². The van der Waals surface area contributed by atoms with Crippen LogP contribution in [0.1, 0.15) is 10.5 Å². The van der Waals surface area contributed by atoms with E-state index in [9.17, 15) is 4.79 Å². The van der Waals surface area contributed by atoms with Gasteiger partial charge in [-0.1, -0.05) is 42.5 Å². The van der Waals surface area contributed by atoms with Gasteiger partial charge in [0.05, 0.1) is 12.6 Å². The van der Waals surface area contributed by atoms with Gasteiger partial charge in [-0.25, -0.2) is 9.78 Å². The Kier molecular flexibility index (Phi) is 3.17. The maximum Gasteiger partial charge on any atom is 0.356 e. The van der Waals surface area contributed by atoms with E-state index in [0.717, 1.165) is 22.0 Å². The van der Waals surface area contributed by atoms with Crippen LogP contribution in [0.5, 0.6) is 0 Å². The van der Waals surface area contributed by atoms with E-state index in [1.807, 2.05) is 36.4 Å².